The summed E-state index contributed by atoms with van der Waals surface area (Å²) in [5, 5.41) is 4.94. The predicted molar refractivity (Wildman–Crippen MR) is 76.8 cm³/mol. The zero-order chi connectivity index (χ0) is 13.0. The molecule has 2 aromatic rings. The molecule has 0 spiro atoms. The molecule has 0 unspecified atom stereocenters. The molecule has 0 fully saturated rings. The largest absolute Gasteiger partial charge is 0.346 e. The molecule has 2 heterocycles. The van der Waals surface area contributed by atoms with Crippen LogP contribution in [0.3, 0.4) is 0 Å². The minimum absolute atomic E-state index is 0.141. The highest BCUT2D eigenvalue weighted by atomic mass is 79.9. The van der Waals surface area contributed by atoms with Gasteiger partial charge in [0.2, 0.25) is 0 Å². The second kappa shape index (κ2) is 6.11. The van der Waals surface area contributed by atoms with Gasteiger partial charge >= 0.3 is 0 Å². The maximum atomic E-state index is 11.9. The topological polar surface area (TPSA) is 42.0 Å². The van der Waals surface area contributed by atoms with Crippen LogP contribution >= 0.6 is 27.3 Å². The zero-order valence-corrected chi connectivity index (χ0v) is 12.3. The Hall–Kier alpha value is -1.20. The van der Waals surface area contributed by atoms with Gasteiger partial charge in [0.1, 0.15) is 5.69 Å². The van der Waals surface area contributed by atoms with Crippen molar-refractivity contribution in [2.45, 2.75) is 19.9 Å². The maximum Gasteiger partial charge on any atom is 0.270 e. The number of rotatable bonds is 4. The summed E-state index contributed by atoms with van der Waals surface area (Å²) in [5.41, 5.74) is 1.73. The number of nitrogens with one attached hydrogen (secondary N) is 1. The van der Waals surface area contributed by atoms with Crippen LogP contribution in [0.4, 0.5) is 0 Å². The molecule has 18 heavy (non-hydrogen) atoms. The summed E-state index contributed by atoms with van der Waals surface area (Å²) in [7, 11) is 0. The molecule has 5 heteroatoms. The van der Waals surface area contributed by atoms with E-state index in [2.05, 4.69) is 44.6 Å². The van der Waals surface area contributed by atoms with Crippen LogP contribution in [0.5, 0.6) is 0 Å². The van der Waals surface area contributed by atoms with Crippen molar-refractivity contribution in [2.24, 2.45) is 0 Å². The monoisotopic (exact) mass is 324 g/mol. The van der Waals surface area contributed by atoms with Gasteiger partial charge in [-0.3, -0.25) is 4.79 Å². The number of carbonyl (C=O) groups excluding carboxylic acids is 1. The van der Waals surface area contributed by atoms with E-state index in [4.69, 9.17) is 0 Å². The van der Waals surface area contributed by atoms with Crippen LogP contribution in [-0.2, 0) is 13.0 Å². The molecular formula is C13H13BrN2OS. The van der Waals surface area contributed by atoms with Gasteiger partial charge in [-0.15, -0.1) is 11.3 Å². The summed E-state index contributed by atoms with van der Waals surface area (Å²) in [6.07, 6.45) is 2.61. The van der Waals surface area contributed by atoms with E-state index < -0.39 is 0 Å². The van der Waals surface area contributed by atoms with Crippen molar-refractivity contribution in [2.75, 3.05) is 0 Å². The fourth-order valence-corrected chi connectivity index (χ4v) is 2.75. The molecule has 2 rings (SSSR count). The van der Waals surface area contributed by atoms with E-state index in [0.29, 0.717) is 12.2 Å². The Labute approximate surface area is 118 Å². The molecule has 0 saturated carbocycles. The lowest BCUT2D eigenvalue weighted by Gasteiger charge is -2.05. The Balaban J connectivity index is 1.98. The highest BCUT2D eigenvalue weighted by Gasteiger charge is 2.08. The average Bonchev–Trinajstić information content (AvgIpc) is 2.84. The second-order valence-corrected chi connectivity index (χ2v) is 5.68. The van der Waals surface area contributed by atoms with Crippen molar-refractivity contribution in [1.82, 2.24) is 10.3 Å². The number of thiophene rings is 1. The van der Waals surface area contributed by atoms with E-state index in [1.54, 1.807) is 23.6 Å². The van der Waals surface area contributed by atoms with Gasteiger partial charge in [0.05, 0.1) is 6.54 Å². The molecule has 94 valence electrons. The first-order valence-electron chi connectivity index (χ1n) is 5.65. The van der Waals surface area contributed by atoms with E-state index in [1.165, 1.54) is 10.4 Å². The van der Waals surface area contributed by atoms with Crippen LogP contribution in [0, 0.1) is 0 Å². The summed E-state index contributed by atoms with van der Waals surface area (Å²) >= 11 is 4.96. The minimum Gasteiger partial charge on any atom is -0.346 e. The van der Waals surface area contributed by atoms with Gasteiger partial charge in [0, 0.05) is 15.5 Å². The molecular weight excluding hydrogens is 312 g/mol. The number of aromatic nitrogens is 1. The van der Waals surface area contributed by atoms with Crippen molar-refractivity contribution in [3.8, 4) is 0 Å². The maximum absolute atomic E-state index is 11.9. The Kier molecular flexibility index (Phi) is 4.49. The number of nitrogens with zero attached hydrogens (tertiary/aromatic N) is 1. The first kappa shape index (κ1) is 13.2. The summed E-state index contributed by atoms with van der Waals surface area (Å²) in [5.74, 6) is -0.141. The number of hydrogen-bond acceptors (Lipinski definition) is 3. The van der Waals surface area contributed by atoms with Gasteiger partial charge in [-0.1, -0.05) is 6.92 Å². The van der Waals surface area contributed by atoms with Gasteiger partial charge < -0.3 is 5.32 Å². The Morgan fingerprint density at radius 1 is 1.44 bits per heavy atom. The average molecular weight is 325 g/mol. The molecule has 2 aromatic heterocycles. The van der Waals surface area contributed by atoms with Gasteiger partial charge in [-0.05, 0) is 51.5 Å². The first-order valence-corrected chi connectivity index (χ1v) is 7.33. The van der Waals surface area contributed by atoms with Gasteiger partial charge in [0.15, 0.2) is 0 Å². The molecule has 0 aliphatic carbocycles. The van der Waals surface area contributed by atoms with Gasteiger partial charge in [0.25, 0.3) is 5.91 Å². The Morgan fingerprint density at radius 2 is 2.28 bits per heavy atom. The van der Waals surface area contributed by atoms with E-state index in [1.807, 2.05) is 6.07 Å². The van der Waals surface area contributed by atoms with E-state index >= 15 is 0 Å². The van der Waals surface area contributed by atoms with Crippen LogP contribution in [0.25, 0.3) is 0 Å². The third-order valence-electron chi connectivity index (χ3n) is 2.59. The van der Waals surface area contributed by atoms with Crippen LogP contribution < -0.4 is 5.32 Å². The number of halogens is 1. The molecule has 1 N–H and O–H groups in total. The number of carbonyl (C=O) groups is 1. The lowest BCUT2D eigenvalue weighted by Crippen LogP contribution is -2.23. The van der Waals surface area contributed by atoms with Gasteiger partial charge in [-0.2, -0.15) is 0 Å². The Bertz CT molecular complexity index is 536. The molecule has 0 bridgehead atoms. The smallest absolute Gasteiger partial charge is 0.270 e. The van der Waals surface area contributed by atoms with Crippen LogP contribution in [0.2, 0.25) is 0 Å². The standard InChI is InChI=1S/C13H13BrN2OS/c1-2-9-5-6-18-12(9)8-16-13(17)11-4-3-10(14)7-15-11/h3-7H,2,8H2,1H3,(H,16,17). The molecule has 0 aliphatic heterocycles. The third-order valence-corrected chi connectivity index (χ3v) is 4.02. The van der Waals surface area contributed by atoms with Crippen LogP contribution in [0.15, 0.2) is 34.2 Å². The van der Waals surface area contributed by atoms with Crippen molar-refractivity contribution in [3.05, 3.63) is 50.4 Å². The molecule has 1 amide bonds. The SMILES string of the molecule is CCc1ccsc1CNC(=O)c1ccc(Br)cn1. The number of pyridine rings is 1. The van der Waals surface area contributed by atoms with Gasteiger partial charge in [-0.25, -0.2) is 4.98 Å². The predicted octanol–water partition coefficient (Wildman–Crippen LogP) is 3.40. The fourth-order valence-electron chi connectivity index (χ4n) is 1.60. The second-order valence-electron chi connectivity index (χ2n) is 3.77. The van der Waals surface area contributed by atoms with E-state index in [-0.39, 0.29) is 5.91 Å². The van der Waals surface area contributed by atoms with E-state index in [9.17, 15) is 4.79 Å². The molecule has 0 saturated heterocycles. The highest BCUT2D eigenvalue weighted by molar-refractivity contribution is 9.10. The normalized spacial score (nSPS) is 10.3. The summed E-state index contributed by atoms with van der Waals surface area (Å²) in [4.78, 5) is 17.1. The van der Waals surface area contributed by atoms with Crippen LogP contribution in [-0.4, -0.2) is 10.9 Å². The quantitative estimate of drug-likeness (QED) is 0.936. The number of aryl methyl sites for hydroxylation is 1. The number of hydrogen-bond donors (Lipinski definition) is 1. The molecule has 0 atom stereocenters. The summed E-state index contributed by atoms with van der Waals surface area (Å²) in [6, 6.07) is 5.61. The lowest BCUT2D eigenvalue weighted by molar-refractivity contribution is 0.0946. The lowest BCUT2D eigenvalue weighted by atomic mass is 10.2. The minimum atomic E-state index is -0.141. The summed E-state index contributed by atoms with van der Waals surface area (Å²) < 4.78 is 0.866. The molecule has 0 aliphatic rings. The first-order chi connectivity index (χ1) is 8.70. The molecule has 3 nitrogen and oxygen atoms in total. The highest BCUT2D eigenvalue weighted by Crippen LogP contribution is 2.17. The van der Waals surface area contributed by atoms with E-state index in [0.717, 1.165) is 10.9 Å². The third kappa shape index (κ3) is 3.17. The number of amides is 1. The fraction of sp³-hybridized carbons (Fsp3) is 0.231. The Morgan fingerprint density at radius 3 is 2.94 bits per heavy atom. The zero-order valence-electron chi connectivity index (χ0n) is 9.94. The summed E-state index contributed by atoms with van der Waals surface area (Å²) in [6.45, 7) is 2.68. The molecule has 0 radical (unpaired) electrons. The van der Waals surface area contributed by atoms with Crippen LogP contribution in [0.1, 0.15) is 27.9 Å². The van der Waals surface area contributed by atoms with Crippen molar-refractivity contribution < 1.29 is 4.79 Å². The molecule has 0 aromatic carbocycles. The van der Waals surface area contributed by atoms with Crippen molar-refractivity contribution in [3.63, 3.8) is 0 Å². The van der Waals surface area contributed by atoms with Crippen molar-refractivity contribution >= 4 is 33.2 Å². The van der Waals surface area contributed by atoms with Crippen molar-refractivity contribution in [1.29, 1.82) is 0 Å².